The molecule has 20 heavy (non-hydrogen) atoms. The summed E-state index contributed by atoms with van der Waals surface area (Å²) in [4.78, 5) is 17.1. The van der Waals surface area contributed by atoms with Crippen LogP contribution in [0.4, 0.5) is 0 Å². The van der Waals surface area contributed by atoms with Gasteiger partial charge in [0.25, 0.3) is 5.91 Å². The van der Waals surface area contributed by atoms with E-state index < -0.39 is 0 Å². The summed E-state index contributed by atoms with van der Waals surface area (Å²) in [6.07, 6.45) is 5.43. The van der Waals surface area contributed by atoms with Gasteiger partial charge in [-0.2, -0.15) is 0 Å². The maximum atomic E-state index is 12.5. The van der Waals surface area contributed by atoms with E-state index in [0.29, 0.717) is 0 Å². The minimum atomic E-state index is 0.130. The first-order valence-electron chi connectivity index (χ1n) is 7.75. The largest absolute Gasteiger partial charge is 0.466 e. The van der Waals surface area contributed by atoms with Gasteiger partial charge in [0.1, 0.15) is 11.5 Å². The molecule has 1 amide bonds. The highest BCUT2D eigenvalue weighted by Crippen LogP contribution is 2.25. The van der Waals surface area contributed by atoms with Crippen molar-refractivity contribution in [1.29, 1.82) is 0 Å². The summed E-state index contributed by atoms with van der Waals surface area (Å²) < 4.78 is 5.47. The molecular weight excluding hydrogens is 252 g/mol. The summed E-state index contributed by atoms with van der Waals surface area (Å²) in [5.74, 6) is 1.69. The third-order valence-electron chi connectivity index (χ3n) is 4.71. The Morgan fingerprint density at radius 3 is 2.35 bits per heavy atom. The van der Waals surface area contributed by atoms with Gasteiger partial charge in [0, 0.05) is 32.2 Å². The molecule has 0 bridgehead atoms. The zero-order valence-corrected chi connectivity index (χ0v) is 12.5. The van der Waals surface area contributed by atoms with Gasteiger partial charge in [-0.25, -0.2) is 0 Å². The smallest absolute Gasteiger partial charge is 0.257 e. The summed E-state index contributed by atoms with van der Waals surface area (Å²) in [6, 6.07) is 2.63. The van der Waals surface area contributed by atoms with Gasteiger partial charge in [-0.1, -0.05) is 12.8 Å². The van der Waals surface area contributed by atoms with Crippen LogP contribution in [0.3, 0.4) is 0 Å². The zero-order chi connectivity index (χ0) is 14.1. The van der Waals surface area contributed by atoms with E-state index >= 15 is 0 Å². The Morgan fingerprint density at radius 2 is 1.80 bits per heavy atom. The van der Waals surface area contributed by atoms with Crippen LogP contribution in [0.25, 0.3) is 0 Å². The van der Waals surface area contributed by atoms with E-state index in [0.717, 1.165) is 49.3 Å². The second-order valence-corrected chi connectivity index (χ2v) is 6.09. The van der Waals surface area contributed by atoms with Gasteiger partial charge in [0.2, 0.25) is 0 Å². The van der Waals surface area contributed by atoms with Crippen LogP contribution in [0.2, 0.25) is 0 Å². The molecule has 1 aliphatic heterocycles. The number of rotatable bonds is 2. The third-order valence-corrected chi connectivity index (χ3v) is 4.71. The van der Waals surface area contributed by atoms with Crippen molar-refractivity contribution in [1.82, 2.24) is 9.80 Å². The standard InChI is InChI=1S/C16H24N2O2/c1-12-11-15(13(2)20-12)16(19)18-9-7-17(8-10-18)14-5-3-4-6-14/h11,14H,3-10H2,1-2H3. The van der Waals surface area contributed by atoms with Gasteiger partial charge < -0.3 is 9.32 Å². The number of nitrogens with zero attached hydrogens (tertiary/aromatic N) is 2. The molecule has 1 saturated carbocycles. The number of carbonyl (C=O) groups is 1. The predicted molar refractivity (Wildman–Crippen MR) is 77.9 cm³/mol. The lowest BCUT2D eigenvalue weighted by Crippen LogP contribution is -2.51. The van der Waals surface area contributed by atoms with Crippen LogP contribution in [0.5, 0.6) is 0 Å². The summed E-state index contributed by atoms with van der Waals surface area (Å²) in [7, 11) is 0. The molecule has 0 radical (unpaired) electrons. The van der Waals surface area contributed by atoms with E-state index in [1.165, 1.54) is 25.7 Å². The maximum absolute atomic E-state index is 12.5. The molecule has 1 aromatic heterocycles. The molecule has 0 spiro atoms. The predicted octanol–water partition coefficient (Wildman–Crippen LogP) is 2.60. The fourth-order valence-corrected chi connectivity index (χ4v) is 3.57. The Kier molecular flexibility index (Phi) is 3.83. The Bertz CT molecular complexity index is 481. The molecule has 0 N–H and O–H groups in total. The number of furan rings is 1. The first kappa shape index (κ1) is 13.7. The molecule has 2 fully saturated rings. The highest BCUT2D eigenvalue weighted by molar-refractivity contribution is 5.95. The summed E-state index contributed by atoms with van der Waals surface area (Å²) in [6.45, 7) is 7.49. The van der Waals surface area contributed by atoms with Crippen LogP contribution in [-0.2, 0) is 0 Å². The van der Waals surface area contributed by atoms with Crippen molar-refractivity contribution in [3.63, 3.8) is 0 Å². The minimum absolute atomic E-state index is 0.130. The highest BCUT2D eigenvalue weighted by atomic mass is 16.3. The number of piperazine rings is 1. The van der Waals surface area contributed by atoms with Crippen molar-refractivity contribution in [3.8, 4) is 0 Å². The normalized spacial score (nSPS) is 21.6. The van der Waals surface area contributed by atoms with Crippen molar-refractivity contribution in [2.75, 3.05) is 26.2 Å². The Balaban J connectivity index is 1.60. The molecular formula is C16H24N2O2. The van der Waals surface area contributed by atoms with Gasteiger partial charge >= 0.3 is 0 Å². The van der Waals surface area contributed by atoms with E-state index in [2.05, 4.69) is 4.90 Å². The molecule has 0 aromatic carbocycles. The van der Waals surface area contributed by atoms with Crippen molar-refractivity contribution < 1.29 is 9.21 Å². The van der Waals surface area contributed by atoms with Crippen molar-refractivity contribution in [2.45, 2.75) is 45.6 Å². The molecule has 1 saturated heterocycles. The van der Waals surface area contributed by atoms with E-state index in [1.54, 1.807) is 0 Å². The second-order valence-electron chi connectivity index (χ2n) is 6.09. The SMILES string of the molecule is Cc1cc(C(=O)N2CCN(C3CCCC3)CC2)c(C)o1. The first-order chi connectivity index (χ1) is 9.65. The number of carbonyl (C=O) groups excluding carboxylic acids is 1. The van der Waals surface area contributed by atoms with Crippen LogP contribution in [0, 0.1) is 13.8 Å². The van der Waals surface area contributed by atoms with Gasteiger partial charge in [-0.3, -0.25) is 9.69 Å². The highest BCUT2D eigenvalue weighted by Gasteiger charge is 2.29. The van der Waals surface area contributed by atoms with E-state index in [4.69, 9.17) is 4.42 Å². The summed E-state index contributed by atoms with van der Waals surface area (Å²) in [5.41, 5.74) is 0.733. The molecule has 3 rings (SSSR count). The minimum Gasteiger partial charge on any atom is -0.466 e. The number of amides is 1. The molecule has 1 aliphatic carbocycles. The van der Waals surface area contributed by atoms with Crippen LogP contribution in [0.15, 0.2) is 10.5 Å². The van der Waals surface area contributed by atoms with Crippen LogP contribution >= 0.6 is 0 Å². The second kappa shape index (κ2) is 5.60. The lowest BCUT2D eigenvalue weighted by Gasteiger charge is -2.38. The van der Waals surface area contributed by atoms with E-state index in [-0.39, 0.29) is 5.91 Å². The Hall–Kier alpha value is -1.29. The van der Waals surface area contributed by atoms with Crippen LogP contribution < -0.4 is 0 Å². The lowest BCUT2D eigenvalue weighted by molar-refractivity contribution is 0.0572. The average molecular weight is 276 g/mol. The number of hydrogen-bond acceptors (Lipinski definition) is 3. The zero-order valence-electron chi connectivity index (χ0n) is 12.5. The maximum Gasteiger partial charge on any atom is 0.257 e. The van der Waals surface area contributed by atoms with Gasteiger partial charge in [-0.15, -0.1) is 0 Å². The fraction of sp³-hybridized carbons (Fsp3) is 0.688. The molecule has 110 valence electrons. The first-order valence-corrected chi connectivity index (χ1v) is 7.75. The fourth-order valence-electron chi connectivity index (χ4n) is 3.57. The van der Waals surface area contributed by atoms with E-state index in [1.807, 2.05) is 24.8 Å². The average Bonchev–Trinajstić information content (AvgIpc) is 3.08. The van der Waals surface area contributed by atoms with Crippen LogP contribution in [-0.4, -0.2) is 47.9 Å². The van der Waals surface area contributed by atoms with Crippen molar-refractivity contribution in [2.24, 2.45) is 0 Å². The molecule has 0 unspecified atom stereocenters. The van der Waals surface area contributed by atoms with Gasteiger partial charge in [0.05, 0.1) is 5.56 Å². The number of hydrogen-bond donors (Lipinski definition) is 0. The number of aryl methyl sites for hydroxylation is 2. The molecule has 4 nitrogen and oxygen atoms in total. The Labute approximate surface area is 120 Å². The molecule has 2 heterocycles. The van der Waals surface area contributed by atoms with Gasteiger partial charge in [-0.05, 0) is 32.8 Å². The van der Waals surface area contributed by atoms with E-state index in [9.17, 15) is 4.79 Å². The molecule has 0 atom stereocenters. The topological polar surface area (TPSA) is 36.7 Å². The Morgan fingerprint density at radius 1 is 1.15 bits per heavy atom. The molecule has 4 heteroatoms. The third kappa shape index (κ3) is 2.62. The monoisotopic (exact) mass is 276 g/mol. The molecule has 2 aliphatic rings. The van der Waals surface area contributed by atoms with Crippen LogP contribution in [0.1, 0.15) is 47.6 Å². The summed E-state index contributed by atoms with van der Waals surface area (Å²) in [5, 5.41) is 0. The van der Waals surface area contributed by atoms with Gasteiger partial charge in [0.15, 0.2) is 0 Å². The van der Waals surface area contributed by atoms with Crippen molar-refractivity contribution in [3.05, 3.63) is 23.2 Å². The quantitative estimate of drug-likeness (QED) is 0.833. The summed E-state index contributed by atoms with van der Waals surface area (Å²) >= 11 is 0. The van der Waals surface area contributed by atoms with Crippen molar-refractivity contribution >= 4 is 5.91 Å². The molecule has 1 aromatic rings. The lowest BCUT2D eigenvalue weighted by atomic mass is 10.1.